The fourth-order valence-electron chi connectivity index (χ4n) is 0.311. The first-order chi connectivity index (χ1) is 6.77. The van der Waals surface area contributed by atoms with Gasteiger partial charge in [-0.2, -0.15) is 22.0 Å². The lowest BCUT2D eigenvalue weighted by Crippen LogP contribution is -2.47. The third-order valence-electron chi connectivity index (χ3n) is 1.02. The number of sulfonamides is 2. The van der Waals surface area contributed by atoms with Crippen LogP contribution in [-0.2, 0) is 24.8 Å². The Bertz CT molecular complexity index is 475. The summed E-state index contributed by atoms with van der Waals surface area (Å²) in [5.74, 6) is 0. The van der Waals surface area contributed by atoms with Crippen LogP contribution in [0, 0.1) is 0 Å². The van der Waals surface area contributed by atoms with Crippen molar-refractivity contribution in [3.8, 4) is 0 Å². The van der Waals surface area contributed by atoms with E-state index in [0.29, 0.717) is 0 Å². The van der Waals surface area contributed by atoms with Gasteiger partial charge < -0.3 is 0 Å². The third kappa shape index (κ3) is 2.85. The molecule has 0 heterocycles. The summed E-state index contributed by atoms with van der Waals surface area (Å²) >= 11 is 0. The van der Waals surface area contributed by atoms with Crippen molar-refractivity contribution in [2.75, 3.05) is 0 Å². The highest BCUT2D eigenvalue weighted by molar-refractivity contribution is 8.05. The van der Waals surface area contributed by atoms with Gasteiger partial charge in [-0.25, -0.2) is 16.8 Å². The maximum Gasteiger partial charge on any atom is 0.512 e. The Balaban J connectivity index is 5.42. The van der Waals surface area contributed by atoms with Crippen LogP contribution in [0.3, 0.4) is 0 Å². The number of alkyl halides is 5. The molecule has 0 rings (SSSR count). The van der Waals surface area contributed by atoms with Gasteiger partial charge in [0.2, 0.25) is 6.29 Å². The minimum Gasteiger partial charge on any atom is -0.295 e. The molecule has 0 aromatic rings. The minimum atomic E-state index is -6.53. The van der Waals surface area contributed by atoms with Crippen molar-refractivity contribution in [3.63, 3.8) is 0 Å². The van der Waals surface area contributed by atoms with Gasteiger partial charge in [0.1, 0.15) is 0 Å². The van der Waals surface area contributed by atoms with Crippen LogP contribution < -0.4 is 4.13 Å². The molecule has 0 aliphatic rings. The second-order valence-corrected chi connectivity index (χ2v) is 5.90. The predicted octanol–water partition coefficient (Wildman–Crippen LogP) is -0.453. The molecule has 13 heteroatoms. The molecule has 0 bridgehead atoms. The molecule has 0 radical (unpaired) electrons. The summed E-state index contributed by atoms with van der Waals surface area (Å²) < 4.78 is 100. The zero-order valence-electron chi connectivity index (χ0n) is 6.82. The van der Waals surface area contributed by atoms with E-state index < -0.39 is 37.1 Å². The van der Waals surface area contributed by atoms with E-state index in [0.717, 1.165) is 0 Å². The van der Waals surface area contributed by atoms with Crippen LogP contribution in [0.4, 0.5) is 22.0 Å². The highest BCUT2D eigenvalue weighted by Gasteiger charge is 2.54. The Morgan fingerprint density at radius 1 is 0.875 bits per heavy atom. The summed E-state index contributed by atoms with van der Waals surface area (Å²) in [5.41, 5.74) is -6.10. The van der Waals surface area contributed by atoms with Crippen molar-refractivity contribution in [3.05, 3.63) is 0 Å². The Morgan fingerprint density at radius 2 is 1.25 bits per heavy atom. The second-order valence-electron chi connectivity index (χ2n) is 2.22. The predicted molar refractivity (Wildman–Crippen MR) is 38.0 cm³/mol. The van der Waals surface area contributed by atoms with E-state index in [1.807, 2.05) is 0 Å². The molecule has 1 N–H and O–H groups in total. The molecule has 0 spiro atoms. The average Bonchev–Trinajstić information content (AvgIpc) is 1.99. The maximum absolute atomic E-state index is 12.2. The molecule has 0 unspecified atom stereocenters. The van der Waals surface area contributed by atoms with Gasteiger partial charge in [0.15, 0.2) is 0 Å². The number of carbonyl (C=O) groups is 1. The lowest BCUT2D eigenvalue weighted by Gasteiger charge is -2.13. The lowest BCUT2D eigenvalue weighted by atomic mass is 10.8. The summed E-state index contributed by atoms with van der Waals surface area (Å²) in [6, 6.07) is 0. The van der Waals surface area contributed by atoms with Gasteiger partial charge in [-0.05, 0) is 0 Å². The molecule has 96 valence electrons. The van der Waals surface area contributed by atoms with E-state index in [1.165, 1.54) is 0 Å². The van der Waals surface area contributed by atoms with Crippen LogP contribution in [0.1, 0.15) is 0 Å². The molecule has 0 fully saturated rings. The summed E-state index contributed by atoms with van der Waals surface area (Å²) in [5, 5.41) is -5.29. The number of aldehydes is 1. The van der Waals surface area contributed by atoms with E-state index in [-0.39, 0.29) is 4.13 Å². The van der Waals surface area contributed by atoms with E-state index in [2.05, 4.69) is 0 Å². The Morgan fingerprint density at radius 3 is 1.50 bits per heavy atom. The first kappa shape index (κ1) is 15.2. The number of halogens is 5. The maximum atomic E-state index is 12.2. The lowest BCUT2D eigenvalue weighted by molar-refractivity contribution is -0.120. The van der Waals surface area contributed by atoms with Crippen molar-refractivity contribution in [2.45, 2.75) is 10.8 Å². The summed E-state index contributed by atoms with van der Waals surface area (Å²) in [6.45, 7) is 0. The van der Waals surface area contributed by atoms with E-state index in [1.54, 1.807) is 0 Å². The normalized spacial score (nSPS) is 14.8. The van der Waals surface area contributed by atoms with Gasteiger partial charge in [0, 0.05) is 0 Å². The molecule has 0 aliphatic carbocycles. The summed E-state index contributed by atoms with van der Waals surface area (Å²) in [6.07, 6.45) is -1.51. The topological polar surface area (TPSA) is 97.4 Å². The average molecular weight is 291 g/mol. The molecule has 0 amide bonds. The van der Waals surface area contributed by atoms with Crippen LogP contribution in [0.5, 0.6) is 0 Å². The van der Waals surface area contributed by atoms with Gasteiger partial charge in [0.25, 0.3) is 10.0 Å². The number of carbonyl (C=O) groups excluding carboxylic acids is 1. The van der Waals surface area contributed by atoms with E-state index >= 15 is 0 Å². The summed E-state index contributed by atoms with van der Waals surface area (Å²) in [7, 11) is -12.8. The highest BCUT2D eigenvalue weighted by Crippen LogP contribution is 2.25. The zero-order valence-corrected chi connectivity index (χ0v) is 8.46. The zero-order chi connectivity index (χ0) is 13.4. The van der Waals surface area contributed by atoms with Gasteiger partial charge in [-0.15, -0.1) is 0 Å². The third-order valence-corrected chi connectivity index (χ3v) is 4.20. The molecule has 0 aromatic carbocycles. The molecule has 0 saturated heterocycles. The molecule has 0 aromatic heterocycles. The van der Waals surface area contributed by atoms with Crippen molar-refractivity contribution in [2.24, 2.45) is 0 Å². The van der Waals surface area contributed by atoms with Gasteiger partial charge >= 0.3 is 20.8 Å². The quantitative estimate of drug-likeness (QED) is 0.558. The first-order valence-electron chi connectivity index (χ1n) is 2.95. The van der Waals surface area contributed by atoms with Gasteiger partial charge in [-0.1, -0.05) is 4.13 Å². The fraction of sp³-hybridized carbons (Fsp3) is 0.667. The summed E-state index contributed by atoms with van der Waals surface area (Å²) in [4.78, 5) is 9.56. The van der Waals surface area contributed by atoms with Crippen molar-refractivity contribution in [1.29, 1.82) is 0 Å². The highest BCUT2D eigenvalue weighted by atomic mass is 32.3. The Labute approximate surface area is 85.5 Å². The largest absolute Gasteiger partial charge is 0.512 e. The standard InChI is InChI=1S/C3H2F5NO5S2/c4-2(5,1-10)15(11,12)9-16(13,14)3(6,7)8/h1,9H. The monoisotopic (exact) mass is 291 g/mol. The minimum absolute atomic E-state index is 0.298. The number of nitrogens with one attached hydrogen (secondary N) is 1. The van der Waals surface area contributed by atoms with Crippen molar-refractivity contribution >= 4 is 26.3 Å². The number of rotatable bonds is 4. The smallest absolute Gasteiger partial charge is 0.295 e. The molecule has 0 aliphatic heterocycles. The second kappa shape index (κ2) is 3.89. The SMILES string of the molecule is O=CC(F)(F)S(=O)(=O)NS(=O)(=O)C(F)(F)F. The number of hydrogen-bond donors (Lipinski definition) is 1. The van der Waals surface area contributed by atoms with Crippen LogP contribution in [0.15, 0.2) is 0 Å². The molecular weight excluding hydrogens is 289 g/mol. The van der Waals surface area contributed by atoms with Crippen LogP contribution >= 0.6 is 0 Å². The fourth-order valence-corrected chi connectivity index (χ4v) is 2.42. The molecule has 6 nitrogen and oxygen atoms in total. The van der Waals surface area contributed by atoms with Gasteiger partial charge in [-0.3, -0.25) is 4.79 Å². The molecular formula is C3H2F5NO5S2. The number of hydrogen-bond acceptors (Lipinski definition) is 5. The molecule has 16 heavy (non-hydrogen) atoms. The van der Waals surface area contributed by atoms with E-state index in [4.69, 9.17) is 0 Å². The van der Waals surface area contributed by atoms with E-state index in [9.17, 15) is 43.6 Å². The van der Waals surface area contributed by atoms with Gasteiger partial charge in [0.05, 0.1) is 0 Å². The van der Waals surface area contributed by atoms with Crippen LogP contribution in [0.25, 0.3) is 0 Å². The molecule has 0 saturated carbocycles. The Hall–Kier alpha value is -0.820. The van der Waals surface area contributed by atoms with Crippen LogP contribution in [-0.4, -0.2) is 33.9 Å². The molecule has 0 atom stereocenters. The van der Waals surface area contributed by atoms with Crippen LogP contribution in [0.2, 0.25) is 0 Å². The first-order valence-corrected chi connectivity index (χ1v) is 5.92. The van der Waals surface area contributed by atoms with Crippen molar-refractivity contribution in [1.82, 2.24) is 4.13 Å². The Kier molecular flexibility index (Phi) is 3.69. The van der Waals surface area contributed by atoms with Crippen molar-refractivity contribution < 1.29 is 43.6 Å².